The number of hydrogen-bond donors (Lipinski definition) is 1. The van der Waals surface area contributed by atoms with E-state index in [4.69, 9.17) is 9.84 Å². The fourth-order valence-corrected chi connectivity index (χ4v) is 4.05. The summed E-state index contributed by atoms with van der Waals surface area (Å²) < 4.78 is 31.1. The molecule has 1 aromatic carbocycles. The number of ether oxygens (including phenoxy) is 1. The molecule has 1 amide bonds. The molecule has 1 aliphatic heterocycles. The number of benzene rings is 1. The molecule has 0 spiro atoms. The number of methoxy groups -OCH3 is 1. The number of nitrogens with zero attached hydrogens (tertiary/aromatic N) is 2. The third-order valence-corrected chi connectivity index (χ3v) is 6.37. The van der Waals surface area contributed by atoms with E-state index in [9.17, 15) is 18.0 Å². The van der Waals surface area contributed by atoms with Crippen molar-refractivity contribution < 1.29 is 27.9 Å². The maximum Gasteiger partial charge on any atom is 0.303 e. The minimum Gasteiger partial charge on any atom is -0.495 e. The fourth-order valence-electron chi connectivity index (χ4n) is 2.98. The zero-order chi connectivity index (χ0) is 19.5. The molecule has 0 atom stereocenters. The SMILES string of the molecule is COc1ccc(C(=O)N2CCC(CC(=O)O)CC2)cc1S(=O)(=O)N(C)C. The quantitative estimate of drug-likeness (QED) is 0.792. The number of carboxylic acids is 1. The normalized spacial score (nSPS) is 15.9. The van der Waals surface area contributed by atoms with E-state index >= 15 is 0 Å². The molecule has 0 saturated carbocycles. The molecule has 1 aromatic rings. The van der Waals surface area contributed by atoms with Gasteiger partial charge in [-0.1, -0.05) is 0 Å². The Hall–Kier alpha value is -2.13. The summed E-state index contributed by atoms with van der Waals surface area (Å²) in [7, 11) is 0.444. The maximum absolute atomic E-state index is 12.7. The molecule has 1 saturated heterocycles. The second-order valence-corrected chi connectivity index (χ2v) is 8.61. The van der Waals surface area contributed by atoms with Crippen LogP contribution < -0.4 is 4.74 Å². The molecule has 0 radical (unpaired) electrons. The molecule has 0 bridgehead atoms. The number of rotatable bonds is 6. The molecule has 1 heterocycles. The number of likely N-dealkylation sites (tertiary alicyclic amines) is 1. The van der Waals surface area contributed by atoms with Gasteiger partial charge in [0.1, 0.15) is 10.6 Å². The molecule has 2 rings (SSSR count). The third-order valence-electron chi connectivity index (χ3n) is 4.53. The van der Waals surface area contributed by atoms with Crippen molar-refractivity contribution in [3.05, 3.63) is 23.8 Å². The van der Waals surface area contributed by atoms with Crippen LogP contribution in [0.3, 0.4) is 0 Å². The van der Waals surface area contributed by atoms with E-state index in [0.717, 1.165) is 4.31 Å². The molecular weight excluding hydrogens is 360 g/mol. The van der Waals surface area contributed by atoms with Crippen LogP contribution in [0.1, 0.15) is 29.6 Å². The lowest BCUT2D eigenvalue weighted by Gasteiger charge is -2.31. The van der Waals surface area contributed by atoms with Crippen LogP contribution in [0.5, 0.6) is 5.75 Å². The van der Waals surface area contributed by atoms with Crippen LogP contribution in [0.4, 0.5) is 0 Å². The van der Waals surface area contributed by atoms with Crippen molar-refractivity contribution in [2.75, 3.05) is 34.3 Å². The van der Waals surface area contributed by atoms with Gasteiger partial charge in [-0.05, 0) is 37.0 Å². The predicted octanol–water partition coefficient (Wildman–Crippen LogP) is 1.27. The first-order valence-corrected chi connectivity index (χ1v) is 9.72. The van der Waals surface area contributed by atoms with E-state index in [2.05, 4.69) is 0 Å². The Morgan fingerprint density at radius 1 is 1.27 bits per heavy atom. The largest absolute Gasteiger partial charge is 0.495 e. The zero-order valence-corrected chi connectivity index (χ0v) is 16.0. The lowest BCUT2D eigenvalue weighted by molar-refractivity contribution is -0.138. The molecule has 0 aliphatic carbocycles. The Morgan fingerprint density at radius 2 is 1.88 bits per heavy atom. The highest BCUT2D eigenvalue weighted by molar-refractivity contribution is 7.89. The number of carbonyl (C=O) groups excluding carboxylic acids is 1. The summed E-state index contributed by atoms with van der Waals surface area (Å²) in [5.41, 5.74) is 0.267. The molecule has 8 nitrogen and oxygen atoms in total. The molecule has 0 aromatic heterocycles. The van der Waals surface area contributed by atoms with Crippen molar-refractivity contribution in [2.24, 2.45) is 5.92 Å². The third kappa shape index (κ3) is 4.34. The lowest BCUT2D eigenvalue weighted by Crippen LogP contribution is -2.39. The van der Waals surface area contributed by atoms with Crippen LogP contribution in [0.25, 0.3) is 0 Å². The molecule has 1 N–H and O–H groups in total. The summed E-state index contributed by atoms with van der Waals surface area (Å²) in [5, 5.41) is 8.87. The van der Waals surface area contributed by atoms with Gasteiger partial charge >= 0.3 is 5.97 Å². The topological polar surface area (TPSA) is 104 Å². The number of aliphatic carboxylic acids is 1. The Kier molecular flexibility index (Phi) is 6.25. The first-order chi connectivity index (χ1) is 12.2. The van der Waals surface area contributed by atoms with E-state index in [-0.39, 0.29) is 34.5 Å². The van der Waals surface area contributed by atoms with Crippen molar-refractivity contribution in [3.63, 3.8) is 0 Å². The second kappa shape index (κ2) is 8.05. The molecule has 1 aliphatic rings. The van der Waals surface area contributed by atoms with Crippen molar-refractivity contribution >= 4 is 21.9 Å². The highest BCUT2D eigenvalue weighted by Crippen LogP contribution is 2.28. The number of carbonyl (C=O) groups is 2. The fraction of sp³-hybridized carbons (Fsp3) is 0.529. The van der Waals surface area contributed by atoms with Gasteiger partial charge in [0.2, 0.25) is 10.0 Å². The summed E-state index contributed by atoms with van der Waals surface area (Å²) >= 11 is 0. The van der Waals surface area contributed by atoms with Crippen LogP contribution in [0, 0.1) is 5.92 Å². The average molecular weight is 384 g/mol. The Balaban J connectivity index is 2.22. The minimum absolute atomic E-state index is 0.0587. The molecule has 26 heavy (non-hydrogen) atoms. The summed E-state index contributed by atoms with van der Waals surface area (Å²) in [4.78, 5) is 25.1. The van der Waals surface area contributed by atoms with Gasteiger partial charge < -0.3 is 14.7 Å². The Bertz CT molecular complexity index is 782. The van der Waals surface area contributed by atoms with Gasteiger partial charge in [-0.15, -0.1) is 0 Å². The van der Waals surface area contributed by atoms with Crippen LogP contribution in [0.15, 0.2) is 23.1 Å². The average Bonchev–Trinajstić information content (AvgIpc) is 2.60. The Morgan fingerprint density at radius 3 is 2.38 bits per heavy atom. The van der Waals surface area contributed by atoms with E-state index in [0.29, 0.717) is 25.9 Å². The maximum atomic E-state index is 12.7. The van der Waals surface area contributed by atoms with E-state index < -0.39 is 16.0 Å². The highest BCUT2D eigenvalue weighted by atomic mass is 32.2. The number of piperidine rings is 1. The van der Waals surface area contributed by atoms with Crippen molar-refractivity contribution in [1.82, 2.24) is 9.21 Å². The summed E-state index contributed by atoms with van der Waals surface area (Å²) in [6.07, 6.45) is 1.35. The van der Waals surface area contributed by atoms with Crippen molar-refractivity contribution in [3.8, 4) is 5.75 Å². The van der Waals surface area contributed by atoms with Crippen LogP contribution in [-0.4, -0.2) is 68.9 Å². The van der Waals surface area contributed by atoms with E-state index in [1.165, 1.54) is 33.3 Å². The smallest absolute Gasteiger partial charge is 0.303 e. The van der Waals surface area contributed by atoms with E-state index in [1.807, 2.05) is 0 Å². The van der Waals surface area contributed by atoms with Gasteiger partial charge in [0.05, 0.1) is 7.11 Å². The van der Waals surface area contributed by atoms with Crippen LogP contribution >= 0.6 is 0 Å². The van der Waals surface area contributed by atoms with Crippen molar-refractivity contribution in [1.29, 1.82) is 0 Å². The van der Waals surface area contributed by atoms with Crippen LogP contribution in [-0.2, 0) is 14.8 Å². The summed E-state index contributed by atoms with van der Waals surface area (Å²) in [6, 6.07) is 4.35. The number of amides is 1. The number of hydrogen-bond acceptors (Lipinski definition) is 5. The summed E-state index contributed by atoms with van der Waals surface area (Å²) in [6.45, 7) is 0.914. The van der Waals surface area contributed by atoms with Crippen LogP contribution in [0.2, 0.25) is 0 Å². The molecule has 144 valence electrons. The van der Waals surface area contributed by atoms with Gasteiger partial charge in [0.15, 0.2) is 0 Å². The predicted molar refractivity (Wildman–Crippen MR) is 94.7 cm³/mol. The van der Waals surface area contributed by atoms with Gasteiger partial charge in [0, 0.05) is 39.2 Å². The first-order valence-electron chi connectivity index (χ1n) is 8.28. The van der Waals surface area contributed by atoms with Gasteiger partial charge in [-0.2, -0.15) is 0 Å². The first kappa shape index (κ1) is 20.2. The van der Waals surface area contributed by atoms with Crippen molar-refractivity contribution in [2.45, 2.75) is 24.2 Å². The molecule has 9 heteroatoms. The zero-order valence-electron chi connectivity index (χ0n) is 15.1. The molecule has 1 fully saturated rings. The van der Waals surface area contributed by atoms with E-state index in [1.54, 1.807) is 11.0 Å². The minimum atomic E-state index is -3.76. The standard InChI is InChI=1S/C17H24N2O6S/c1-18(2)26(23,24)15-11-13(4-5-14(15)25-3)17(22)19-8-6-12(7-9-19)10-16(20)21/h4-5,11-12H,6-10H2,1-3H3,(H,20,21). The number of carboxylic acid groups (broad SMARTS) is 1. The molecular formula is C17H24N2O6S. The summed E-state index contributed by atoms with van der Waals surface area (Å²) in [5.74, 6) is -0.854. The number of sulfonamides is 1. The molecule has 0 unspecified atom stereocenters. The van der Waals surface area contributed by atoms with Gasteiger partial charge in [-0.25, -0.2) is 12.7 Å². The van der Waals surface area contributed by atoms with Gasteiger partial charge in [-0.3, -0.25) is 9.59 Å². The van der Waals surface area contributed by atoms with Gasteiger partial charge in [0.25, 0.3) is 5.91 Å². The second-order valence-electron chi connectivity index (χ2n) is 6.49. The lowest BCUT2D eigenvalue weighted by atomic mass is 9.93. The Labute approximate surface area is 153 Å². The monoisotopic (exact) mass is 384 g/mol. The highest BCUT2D eigenvalue weighted by Gasteiger charge is 2.28.